The van der Waals surface area contributed by atoms with Crippen LogP contribution in [0.15, 0.2) is 0 Å². The van der Waals surface area contributed by atoms with E-state index in [2.05, 4.69) is 75.0 Å². The van der Waals surface area contributed by atoms with Gasteiger partial charge in [0.2, 0.25) is 0 Å². The Hall–Kier alpha value is -0.160. The number of hydrogen-bond donors (Lipinski definition) is 0. The summed E-state index contributed by atoms with van der Waals surface area (Å²) in [6.07, 6.45) is 5.38. The van der Waals surface area contributed by atoms with Gasteiger partial charge in [-0.3, -0.25) is 0 Å². The van der Waals surface area contributed by atoms with E-state index >= 15 is 0 Å². The lowest BCUT2D eigenvalue weighted by Crippen LogP contribution is -2.27. The first-order chi connectivity index (χ1) is 13.6. The molecule has 0 fully saturated rings. The quantitative estimate of drug-likeness (QED) is 0.303. The molecule has 0 atom stereocenters. The van der Waals surface area contributed by atoms with Gasteiger partial charge >= 0.3 is 0 Å². The van der Waals surface area contributed by atoms with Crippen LogP contribution < -0.4 is 0 Å². The standard InChI is InChI=1S/2C12H28N2/c2*1-5-13(6-2)11-9-10-12-14(7-3)8-4/h2*5-12H2,1-4H3. The van der Waals surface area contributed by atoms with E-state index in [1.807, 2.05) is 0 Å². The van der Waals surface area contributed by atoms with Crippen LogP contribution in [-0.2, 0) is 0 Å². The van der Waals surface area contributed by atoms with Crippen molar-refractivity contribution in [3.05, 3.63) is 0 Å². The zero-order valence-electron chi connectivity index (χ0n) is 21.1. The van der Waals surface area contributed by atoms with Crippen molar-refractivity contribution >= 4 is 0 Å². The van der Waals surface area contributed by atoms with Gasteiger partial charge in [-0.05, 0) is 104 Å². The summed E-state index contributed by atoms with van der Waals surface area (Å²) in [7, 11) is 0. The largest absolute Gasteiger partial charge is 0.304 e. The zero-order valence-corrected chi connectivity index (χ0v) is 21.1. The highest BCUT2D eigenvalue weighted by molar-refractivity contribution is 4.57. The van der Waals surface area contributed by atoms with Gasteiger partial charge in [0.25, 0.3) is 0 Å². The summed E-state index contributed by atoms with van der Waals surface area (Å²) in [6, 6.07) is 0. The molecule has 0 aliphatic rings. The highest BCUT2D eigenvalue weighted by Crippen LogP contribution is 1.99. The van der Waals surface area contributed by atoms with Crippen LogP contribution in [0.4, 0.5) is 0 Å². The van der Waals surface area contributed by atoms with E-state index in [1.165, 1.54) is 104 Å². The second-order valence-corrected chi connectivity index (χ2v) is 7.52. The minimum Gasteiger partial charge on any atom is -0.304 e. The van der Waals surface area contributed by atoms with Crippen LogP contribution in [0.1, 0.15) is 81.1 Å². The fourth-order valence-corrected chi connectivity index (χ4v) is 3.50. The Balaban J connectivity index is 0. The number of hydrogen-bond acceptors (Lipinski definition) is 4. The van der Waals surface area contributed by atoms with Gasteiger partial charge in [-0.1, -0.05) is 55.4 Å². The van der Waals surface area contributed by atoms with Crippen LogP contribution in [-0.4, -0.2) is 98.1 Å². The van der Waals surface area contributed by atoms with Gasteiger partial charge in [-0.15, -0.1) is 0 Å². The number of rotatable bonds is 18. The molecule has 0 rings (SSSR count). The Bertz CT molecular complexity index is 214. The summed E-state index contributed by atoms with van der Waals surface area (Å²) in [6.45, 7) is 32.6. The molecule has 0 spiro atoms. The molecule has 0 aromatic heterocycles. The van der Waals surface area contributed by atoms with Gasteiger partial charge in [-0.25, -0.2) is 0 Å². The topological polar surface area (TPSA) is 13.0 Å². The molecule has 4 nitrogen and oxygen atoms in total. The van der Waals surface area contributed by atoms with Crippen molar-refractivity contribution in [2.75, 3.05) is 78.5 Å². The van der Waals surface area contributed by atoms with Crippen LogP contribution >= 0.6 is 0 Å². The SMILES string of the molecule is CCN(CC)CCCCN(CC)CC.CCN(CC)CCCCN(CC)CC. The van der Waals surface area contributed by atoms with Gasteiger partial charge in [0, 0.05) is 0 Å². The van der Waals surface area contributed by atoms with Crippen LogP contribution in [0.5, 0.6) is 0 Å². The lowest BCUT2D eigenvalue weighted by atomic mass is 10.2. The Kier molecular flexibility index (Phi) is 24.8. The van der Waals surface area contributed by atoms with E-state index in [4.69, 9.17) is 0 Å². The second kappa shape index (κ2) is 23.1. The summed E-state index contributed by atoms with van der Waals surface area (Å²) in [5.41, 5.74) is 0. The lowest BCUT2D eigenvalue weighted by molar-refractivity contribution is 0.266. The van der Waals surface area contributed by atoms with Crippen LogP contribution in [0.2, 0.25) is 0 Å². The molecule has 0 aliphatic carbocycles. The van der Waals surface area contributed by atoms with Gasteiger partial charge < -0.3 is 19.6 Å². The van der Waals surface area contributed by atoms with Crippen molar-refractivity contribution in [3.8, 4) is 0 Å². The van der Waals surface area contributed by atoms with Crippen LogP contribution in [0.25, 0.3) is 0 Å². The third-order valence-corrected chi connectivity index (χ3v) is 5.98. The molecular formula is C24H56N4. The van der Waals surface area contributed by atoms with Gasteiger partial charge in [0.1, 0.15) is 0 Å². The lowest BCUT2D eigenvalue weighted by Gasteiger charge is -2.20. The predicted molar refractivity (Wildman–Crippen MR) is 130 cm³/mol. The van der Waals surface area contributed by atoms with Crippen LogP contribution in [0.3, 0.4) is 0 Å². The summed E-state index contributed by atoms with van der Waals surface area (Å²) < 4.78 is 0. The second-order valence-electron chi connectivity index (χ2n) is 7.52. The molecule has 0 bridgehead atoms. The predicted octanol–water partition coefficient (Wildman–Crippen LogP) is 4.90. The summed E-state index contributed by atoms with van der Waals surface area (Å²) in [5, 5.41) is 0. The summed E-state index contributed by atoms with van der Waals surface area (Å²) in [5.74, 6) is 0. The maximum absolute atomic E-state index is 2.50. The van der Waals surface area contributed by atoms with E-state index in [-0.39, 0.29) is 0 Å². The first kappa shape index (κ1) is 30.0. The molecular weight excluding hydrogens is 344 g/mol. The molecule has 172 valence electrons. The third kappa shape index (κ3) is 17.9. The third-order valence-electron chi connectivity index (χ3n) is 5.98. The Morgan fingerprint density at radius 2 is 0.429 bits per heavy atom. The van der Waals surface area contributed by atoms with E-state index in [1.54, 1.807) is 0 Å². The number of unbranched alkanes of at least 4 members (excludes halogenated alkanes) is 2. The molecule has 0 aromatic rings. The minimum absolute atomic E-state index is 1.20. The molecule has 0 saturated heterocycles. The summed E-state index contributed by atoms with van der Waals surface area (Å²) in [4.78, 5) is 10.0. The van der Waals surface area contributed by atoms with Crippen molar-refractivity contribution in [3.63, 3.8) is 0 Å². The van der Waals surface area contributed by atoms with E-state index in [0.29, 0.717) is 0 Å². The van der Waals surface area contributed by atoms with Crippen molar-refractivity contribution in [2.24, 2.45) is 0 Å². The smallest absolute Gasteiger partial charge is 0.00185 e. The highest BCUT2D eigenvalue weighted by Gasteiger charge is 2.02. The molecule has 0 radical (unpaired) electrons. The first-order valence-electron chi connectivity index (χ1n) is 12.5. The molecule has 0 aliphatic heterocycles. The Morgan fingerprint density at radius 1 is 0.286 bits per heavy atom. The molecule has 0 saturated carbocycles. The average molecular weight is 401 g/mol. The first-order valence-corrected chi connectivity index (χ1v) is 12.5. The van der Waals surface area contributed by atoms with E-state index < -0.39 is 0 Å². The zero-order chi connectivity index (χ0) is 21.6. The maximum Gasteiger partial charge on any atom is -0.00185 e. The Morgan fingerprint density at radius 3 is 0.536 bits per heavy atom. The number of nitrogens with zero attached hydrogens (tertiary/aromatic N) is 4. The minimum atomic E-state index is 1.20. The molecule has 0 aromatic carbocycles. The molecule has 28 heavy (non-hydrogen) atoms. The van der Waals surface area contributed by atoms with E-state index in [9.17, 15) is 0 Å². The Labute approximate surface area is 179 Å². The van der Waals surface area contributed by atoms with Crippen molar-refractivity contribution in [1.29, 1.82) is 0 Å². The monoisotopic (exact) mass is 400 g/mol. The molecule has 0 heterocycles. The molecule has 0 amide bonds. The van der Waals surface area contributed by atoms with Gasteiger partial charge in [-0.2, -0.15) is 0 Å². The van der Waals surface area contributed by atoms with Gasteiger partial charge in [0.05, 0.1) is 0 Å². The fraction of sp³-hybridized carbons (Fsp3) is 1.00. The molecule has 0 unspecified atom stereocenters. The average Bonchev–Trinajstić information content (AvgIpc) is 2.74. The van der Waals surface area contributed by atoms with Crippen molar-refractivity contribution in [2.45, 2.75) is 81.1 Å². The van der Waals surface area contributed by atoms with Crippen molar-refractivity contribution in [1.82, 2.24) is 19.6 Å². The van der Waals surface area contributed by atoms with Gasteiger partial charge in [0.15, 0.2) is 0 Å². The summed E-state index contributed by atoms with van der Waals surface area (Å²) >= 11 is 0. The van der Waals surface area contributed by atoms with Crippen molar-refractivity contribution < 1.29 is 0 Å². The van der Waals surface area contributed by atoms with Crippen LogP contribution in [0, 0.1) is 0 Å². The molecule has 0 N–H and O–H groups in total. The highest BCUT2D eigenvalue weighted by atomic mass is 15.1. The maximum atomic E-state index is 2.50. The molecule has 4 heteroatoms. The normalized spacial score (nSPS) is 11.6. The fourth-order valence-electron chi connectivity index (χ4n) is 3.50. The van der Waals surface area contributed by atoms with E-state index in [0.717, 1.165) is 0 Å².